The van der Waals surface area contributed by atoms with Crippen LogP contribution < -0.4 is 9.91 Å². The zero-order chi connectivity index (χ0) is 29.5. The van der Waals surface area contributed by atoms with Crippen molar-refractivity contribution in [1.82, 2.24) is 0 Å². The van der Waals surface area contributed by atoms with E-state index in [4.69, 9.17) is 0 Å². The van der Waals surface area contributed by atoms with Crippen LogP contribution in [0.3, 0.4) is 0 Å². The fraction of sp³-hybridized carbons (Fsp3) is 0.216. The molecule has 0 atom stereocenters. The van der Waals surface area contributed by atoms with Gasteiger partial charge in [-0.3, -0.25) is 4.79 Å². The van der Waals surface area contributed by atoms with Gasteiger partial charge in [-0.15, -0.1) is 0 Å². The molecule has 0 radical (unpaired) electrons. The summed E-state index contributed by atoms with van der Waals surface area (Å²) in [5.74, 6) is -1.67. The van der Waals surface area contributed by atoms with Crippen LogP contribution in [0.5, 0.6) is 0 Å². The predicted octanol–water partition coefficient (Wildman–Crippen LogP) is 7.56. The highest BCUT2D eigenvalue weighted by atomic mass is 16.4. The lowest BCUT2D eigenvalue weighted by atomic mass is 9.94. The lowest BCUT2D eigenvalue weighted by Crippen LogP contribution is -2.24. The van der Waals surface area contributed by atoms with Crippen molar-refractivity contribution in [3.63, 3.8) is 0 Å². The van der Waals surface area contributed by atoms with E-state index in [2.05, 4.69) is 65.5 Å². The van der Waals surface area contributed by atoms with Gasteiger partial charge in [-0.25, -0.2) is 4.79 Å². The molecule has 0 saturated heterocycles. The third-order valence-electron chi connectivity index (χ3n) is 8.68. The van der Waals surface area contributed by atoms with Gasteiger partial charge in [0.2, 0.25) is 0 Å². The van der Waals surface area contributed by atoms with Crippen LogP contribution in [0.25, 0.3) is 17.2 Å². The zero-order valence-electron chi connectivity index (χ0n) is 24.2. The molecule has 0 saturated carbocycles. The van der Waals surface area contributed by atoms with E-state index in [0.717, 1.165) is 42.8 Å². The highest BCUT2D eigenvalue weighted by Crippen LogP contribution is 2.44. The van der Waals surface area contributed by atoms with E-state index in [1.165, 1.54) is 57.6 Å². The standard InChI is InChI=1S/C37H33N3O3/c1-2-3-8-24-12-15-29(16-13-24)39-18-7-9-26-22-32-28(23-34(26)39)21-27-19-25(14-17-31(27)32)20-33-35(37(42)43)38-40(36(33)41)30-10-5-4-6-11-30/h4-6,10-17,19-20,22-23H,2-3,7-9,18,21H2,1H3,(H,42,43). The van der Waals surface area contributed by atoms with Gasteiger partial charge in [-0.1, -0.05) is 61.9 Å². The summed E-state index contributed by atoms with van der Waals surface area (Å²) in [5.41, 5.74) is 11.4. The summed E-state index contributed by atoms with van der Waals surface area (Å²) < 4.78 is 0. The first-order valence-corrected chi connectivity index (χ1v) is 15.1. The smallest absolute Gasteiger partial charge is 0.357 e. The van der Waals surface area contributed by atoms with Gasteiger partial charge >= 0.3 is 5.97 Å². The maximum absolute atomic E-state index is 13.3. The third kappa shape index (κ3) is 4.93. The van der Waals surface area contributed by atoms with Crippen molar-refractivity contribution in [3.8, 4) is 11.1 Å². The van der Waals surface area contributed by atoms with Crippen LogP contribution in [-0.4, -0.2) is 29.2 Å². The second kappa shape index (κ2) is 11.0. The second-order valence-electron chi connectivity index (χ2n) is 11.5. The number of hydrazone groups is 1. The van der Waals surface area contributed by atoms with Crippen LogP contribution in [0, 0.1) is 0 Å². The van der Waals surface area contributed by atoms with Crippen molar-refractivity contribution in [1.29, 1.82) is 0 Å². The molecule has 4 aromatic rings. The topological polar surface area (TPSA) is 73.2 Å². The first-order chi connectivity index (χ1) is 21.0. The van der Waals surface area contributed by atoms with Crippen LogP contribution in [-0.2, 0) is 28.9 Å². The second-order valence-corrected chi connectivity index (χ2v) is 11.5. The van der Waals surface area contributed by atoms with E-state index in [9.17, 15) is 14.7 Å². The summed E-state index contributed by atoms with van der Waals surface area (Å²) in [7, 11) is 0. The van der Waals surface area contributed by atoms with Crippen LogP contribution in [0.15, 0.2) is 95.6 Å². The number of nitrogens with zero attached hydrogens (tertiary/aromatic N) is 3. The van der Waals surface area contributed by atoms with E-state index in [1.807, 2.05) is 12.1 Å². The largest absolute Gasteiger partial charge is 0.476 e. The Morgan fingerprint density at radius 3 is 2.47 bits per heavy atom. The Hall–Kier alpha value is -4.97. The summed E-state index contributed by atoms with van der Waals surface area (Å²) in [5, 5.41) is 15.1. The first kappa shape index (κ1) is 26.9. The minimum atomic E-state index is -1.22. The van der Waals surface area contributed by atoms with Gasteiger partial charge in [0.1, 0.15) is 0 Å². The molecule has 2 aliphatic heterocycles. The SMILES string of the molecule is CCCCc1ccc(N2CCCc3cc4c(cc32)Cc2cc(C=C3C(=O)N(c5ccccc5)N=C3C(=O)O)ccc2-4)cc1. The number of unbranched alkanes of at least 4 members (excludes halogenated alkanes) is 1. The Morgan fingerprint density at radius 2 is 1.70 bits per heavy atom. The number of para-hydroxylation sites is 1. The maximum atomic E-state index is 13.3. The summed E-state index contributed by atoms with van der Waals surface area (Å²) in [6, 6.07) is 28.8. The summed E-state index contributed by atoms with van der Waals surface area (Å²) in [6.45, 7) is 3.24. The van der Waals surface area contributed by atoms with Gasteiger partial charge in [0.15, 0.2) is 5.71 Å². The molecule has 1 aliphatic carbocycles. The quantitative estimate of drug-likeness (QED) is 0.206. The van der Waals surface area contributed by atoms with Gasteiger partial charge in [0.05, 0.1) is 11.3 Å². The molecular weight excluding hydrogens is 534 g/mol. The van der Waals surface area contributed by atoms with E-state index in [1.54, 1.807) is 30.3 Å². The fourth-order valence-electron chi connectivity index (χ4n) is 6.50. The van der Waals surface area contributed by atoms with Crippen molar-refractivity contribution >= 4 is 40.7 Å². The molecule has 4 aromatic carbocycles. The lowest BCUT2D eigenvalue weighted by Gasteiger charge is -2.32. The number of anilines is 3. The van der Waals surface area contributed by atoms with Crippen LogP contribution >= 0.6 is 0 Å². The first-order valence-electron chi connectivity index (χ1n) is 15.1. The Balaban J connectivity index is 1.17. The van der Waals surface area contributed by atoms with E-state index in [0.29, 0.717) is 5.69 Å². The number of fused-ring (bicyclic) bond motifs is 4. The maximum Gasteiger partial charge on any atom is 0.357 e. The molecule has 6 nitrogen and oxygen atoms in total. The predicted molar refractivity (Wildman–Crippen MR) is 172 cm³/mol. The average molecular weight is 568 g/mol. The molecule has 43 heavy (non-hydrogen) atoms. The number of hydrogen-bond donors (Lipinski definition) is 1. The molecule has 7 rings (SSSR count). The molecule has 6 heteroatoms. The van der Waals surface area contributed by atoms with Gasteiger partial charge in [-0.2, -0.15) is 10.1 Å². The minimum absolute atomic E-state index is 0.0821. The molecule has 0 aromatic heterocycles. The molecule has 2 heterocycles. The fourth-order valence-corrected chi connectivity index (χ4v) is 6.50. The number of carboxylic acids is 1. The Morgan fingerprint density at radius 1 is 0.907 bits per heavy atom. The zero-order valence-corrected chi connectivity index (χ0v) is 24.2. The lowest BCUT2D eigenvalue weighted by molar-refractivity contribution is -0.129. The molecule has 0 spiro atoms. The molecule has 3 aliphatic rings. The third-order valence-corrected chi connectivity index (χ3v) is 8.68. The summed E-state index contributed by atoms with van der Waals surface area (Å²) in [6.07, 6.45) is 8.17. The van der Waals surface area contributed by atoms with Crippen molar-refractivity contribution in [2.75, 3.05) is 16.5 Å². The number of carboxylic acid groups (broad SMARTS) is 1. The molecule has 0 bridgehead atoms. The van der Waals surface area contributed by atoms with Crippen molar-refractivity contribution in [2.45, 2.75) is 45.4 Å². The average Bonchev–Trinajstić information content (AvgIpc) is 3.55. The van der Waals surface area contributed by atoms with Crippen LogP contribution in [0.2, 0.25) is 0 Å². The molecule has 1 amide bonds. The van der Waals surface area contributed by atoms with Crippen molar-refractivity contribution < 1.29 is 14.7 Å². The van der Waals surface area contributed by atoms with E-state index in [-0.39, 0.29) is 11.3 Å². The highest BCUT2D eigenvalue weighted by molar-refractivity contribution is 6.53. The Bertz CT molecular complexity index is 1810. The number of carbonyl (C=O) groups excluding carboxylic acids is 1. The van der Waals surface area contributed by atoms with Gasteiger partial charge < -0.3 is 10.0 Å². The number of aliphatic carboxylic acids is 1. The molecule has 1 N–H and O–H groups in total. The van der Waals surface area contributed by atoms with E-state index >= 15 is 0 Å². The number of aryl methyl sites for hydroxylation is 2. The van der Waals surface area contributed by atoms with Gasteiger partial charge in [0.25, 0.3) is 5.91 Å². The number of hydrogen-bond acceptors (Lipinski definition) is 4. The molecule has 214 valence electrons. The summed E-state index contributed by atoms with van der Waals surface area (Å²) >= 11 is 0. The summed E-state index contributed by atoms with van der Waals surface area (Å²) in [4.78, 5) is 27.7. The monoisotopic (exact) mass is 567 g/mol. The van der Waals surface area contributed by atoms with Gasteiger partial charge in [-0.05, 0) is 114 Å². The van der Waals surface area contributed by atoms with E-state index < -0.39 is 11.9 Å². The molecular formula is C37H33N3O3. The minimum Gasteiger partial charge on any atom is -0.476 e. The van der Waals surface area contributed by atoms with Crippen molar-refractivity contribution in [3.05, 3.63) is 118 Å². The number of benzene rings is 4. The van der Waals surface area contributed by atoms with Gasteiger partial charge in [0, 0.05) is 17.9 Å². The normalized spacial score (nSPS) is 16.3. The Kier molecular flexibility index (Phi) is 6.90. The Labute approximate surface area is 251 Å². The van der Waals surface area contributed by atoms with Crippen molar-refractivity contribution in [2.24, 2.45) is 5.10 Å². The molecule has 0 unspecified atom stereocenters. The number of rotatable bonds is 7. The highest BCUT2D eigenvalue weighted by Gasteiger charge is 2.35. The van der Waals surface area contributed by atoms with Crippen LogP contribution in [0.1, 0.15) is 54.0 Å². The van der Waals surface area contributed by atoms with Crippen LogP contribution in [0.4, 0.5) is 17.1 Å². The number of carbonyl (C=O) groups is 2. The number of amides is 1. The molecule has 0 fully saturated rings.